The van der Waals surface area contributed by atoms with Gasteiger partial charge in [0, 0.05) is 0 Å². The first kappa shape index (κ1) is 18.5. The zero-order valence-corrected chi connectivity index (χ0v) is 16.0. The summed E-state index contributed by atoms with van der Waals surface area (Å²) < 4.78 is 35.4. The maximum atomic E-state index is 6.06. The van der Waals surface area contributed by atoms with Crippen LogP contribution in [0.15, 0.2) is 0 Å². The monoisotopic (exact) mass is 344 g/mol. The molecule has 24 heavy (non-hydrogen) atoms. The minimum atomic E-state index is -0.652. The van der Waals surface area contributed by atoms with Gasteiger partial charge in [-0.2, -0.15) is 0 Å². The molecule has 3 aliphatic heterocycles. The van der Waals surface area contributed by atoms with E-state index in [0.717, 1.165) is 6.42 Å². The molecule has 6 heteroatoms. The van der Waals surface area contributed by atoms with Gasteiger partial charge in [0.1, 0.15) is 24.4 Å². The summed E-state index contributed by atoms with van der Waals surface area (Å²) in [5.41, 5.74) is 0.128. The minimum absolute atomic E-state index is 0.128. The molecule has 3 heterocycles. The van der Waals surface area contributed by atoms with Gasteiger partial charge < -0.3 is 28.4 Å². The van der Waals surface area contributed by atoms with Crippen LogP contribution in [0, 0.1) is 5.41 Å². The van der Waals surface area contributed by atoms with Crippen LogP contribution in [0.3, 0.4) is 0 Å². The second-order valence-corrected chi connectivity index (χ2v) is 8.61. The fourth-order valence-corrected chi connectivity index (χ4v) is 3.35. The van der Waals surface area contributed by atoms with Crippen molar-refractivity contribution in [2.24, 2.45) is 5.41 Å². The Bertz CT molecular complexity index is 460. The summed E-state index contributed by atoms with van der Waals surface area (Å²) in [5.74, 6) is -1.23. The van der Waals surface area contributed by atoms with Gasteiger partial charge in [-0.3, -0.25) is 0 Å². The first-order chi connectivity index (χ1) is 11.0. The molecule has 0 saturated carbocycles. The van der Waals surface area contributed by atoms with Crippen molar-refractivity contribution in [3.63, 3.8) is 0 Å². The summed E-state index contributed by atoms with van der Waals surface area (Å²) in [7, 11) is 0. The van der Waals surface area contributed by atoms with E-state index in [1.54, 1.807) is 0 Å². The highest BCUT2D eigenvalue weighted by atomic mass is 16.8. The van der Waals surface area contributed by atoms with Crippen molar-refractivity contribution in [3.05, 3.63) is 0 Å². The Morgan fingerprint density at radius 3 is 2.33 bits per heavy atom. The van der Waals surface area contributed by atoms with Gasteiger partial charge in [0.15, 0.2) is 17.9 Å². The molecule has 140 valence electrons. The number of hydrogen-bond acceptors (Lipinski definition) is 6. The zero-order valence-electron chi connectivity index (χ0n) is 16.0. The molecule has 0 aliphatic carbocycles. The minimum Gasteiger partial charge on any atom is -0.348 e. The van der Waals surface area contributed by atoms with E-state index < -0.39 is 11.6 Å². The highest BCUT2D eigenvalue weighted by Gasteiger charge is 2.53. The number of ether oxygens (including phenoxy) is 6. The topological polar surface area (TPSA) is 58.7 Å². The molecule has 0 aromatic carbocycles. The van der Waals surface area contributed by atoms with Crippen molar-refractivity contribution in [1.82, 2.24) is 0 Å². The van der Waals surface area contributed by atoms with Crippen LogP contribution in [0.5, 0.6) is 0 Å². The van der Waals surface area contributed by atoms with Crippen LogP contribution in [0.1, 0.15) is 54.9 Å². The highest BCUT2D eigenvalue weighted by Crippen LogP contribution is 2.42. The third kappa shape index (κ3) is 3.94. The molecule has 3 aliphatic rings. The maximum absolute atomic E-state index is 6.06. The predicted molar refractivity (Wildman–Crippen MR) is 87.4 cm³/mol. The summed E-state index contributed by atoms with van der Waals surface area (Å²) in [6, 6.07) is 0. The Labute approximate surface area is 145 Å². The number of hydrogen-bond donors (Lipinski definition) is 0. The van der Waals surface area contributed by atoms with E-state index in [2.05, 4.69) is 20.8 Å². The molecule has 0 radical (unpaired) electrons. The van der Waals surface area contributed by atoms with E-state index in [4.69, 9.17) is 28.4 Å². The molecule has 6 nitrogen and oxygen atoms in total. The lowest BCUT2D eigenvalue weighted by Gasteiger charge is -2.24. The Balaban J connectivity index is 1.56. The molecule has 0 amide bonds. The quantitative estimate of drug-likeness (QED) is 0.691. The molecule has 3 fully saturated rings. The SMILES string of the molecule is CCC(C)(C)C1OC1OCC1OC(C)(C)OC1C1COC(C)(C)O1. The average molecular weight is 344 g/mol. The summed E-state index contributed by atoms with van der Waals surface area (Å²) >= 11 is 0. The number of epoxide rings is 1. The van der Waals surface area contributed by atoms with Gasteiger partial charge in [-0.25, -0.2) is 0 Å². The Morgan fingerprint density at radius 2 is 1.75 bits per heavy atom. The molecule has 0 aromatic rings. The Hall–Kier alpha value is -0.240. The predicted octanol–water partition coefficient (Wildman–Crippen LogP) is 2.84. The van der Waals surface area contributed by atoms with Crippen LogP contribution in [0.4, 0.5) is 0 Å². The van der Waals surface area contributed by atoms with Crippen molar-refractivity contribution in [1.29, 1.82) is 0 Å². The van der Waals surface area contributed by atoms with Crippen LogP contribution in [-0.2, 0) is 28.4 Å². The lowest BCUT2D eigenvalue weighted by Crippen LogP contribution is -2.40. The zero-order chi connectivity index (χ0) is 17.8. The van der Waals surface area contributed by atoms with Gasteiger partial charge in [-0.05, 0) is 39.5 Å². The van der Waals surface area contributed by atoms with Gasteiger partial charge in [-0.1, -0.05) is 20.8 Å². The van der Waals surface area contributed by atoms with Crippen LogP contribution in [-0.4, -0.2) is 55.5 Å². The summed E-state index contributed by atoms with van der Waals surface area (Å²) in [5, 5.41) is 0. The molecule has 3 rings (SSSR count). The van der Waals surface area contributed by atoms with Crippen molar-refractivity contribution in [2.75, 3.05) is 13.2 Å². The lowest BCUT2D eigenvalue weighted by atomic mass is 9.86. The number of rotatable bonds is 6. The Kier molecular flexibility index (Phi) is 4.78. The average Bonchev–Trinajstić information content (AvgIpc) is 3.09. The molecule has 3 saturated heterocycles. The van der Waals surface area contributed by atoms with Gasteiger partial charge in [0.25, 0.3) is 0 Å². The summed E-state index contributed by atoms with van der Waals surface area (Å²) in [4.78, 5) is 0. The Morgan fingerprint density at radius 1 is 1.04 bits per heavy atom. The molecule has 5 unspecified atom stereocenters. The van der Waals surface area contributed by atoms with Crippen molar-refractivity contribution < 1.29 is 28.4 Å². The third-order valence-electron chi connectivity index (χ3n) is 5.18. The van der Waals surface area contributed by atoms with Crippen molar-refractivity contribution in [2.45, 2.75) is 97.2 Å². The molecular formula is C18H32O6. The van der Waals surface area contributed by atoms with Crippen molar-refractivity contribution in [3.8, 4) is 0 Å². The summed E-state index contributed by atoms with van der Waals surface area (Å²) in [6.07, 6.45) is 0.499. The molecular weight excluding hydrogens is 312 g/mol. The second-order valence-electron chi connectivity index (χ2n) is 8.61. The van der Waals surface area contributed by atoms with E-state index in [1.165, 1.54) is 0 Å². The molecule has 0 bridgehead atoms. The fraction of sp³-hybridized carbons (Fsp3) is 1.00. The van der Waals surface area contributed by atoms with E-state index in [-0.39, 0.29) is 36.1 Å². The third-order valence-corrected chi connectivity index (χ3v) is 5.18. The molecule has 0 aromatic heterocycles. The van der Waals surface area contributed by atoms with E-state index in [0.29, 0.717) is 13.2 Å². The lowest BCUT2D eigenvalue weighted by molar-refractivity contribution is -0.175. The fourth-order valence-electron chi connectivity index (χ4n) is 3.35. The van der Waals surface area contributed by atoms with Gasteiger partial charge in [0.05, 0.1) is 13.2 Å². The van der Waals surface area contributed by atoms with E-state index in [9.17, 15) is 0 Å². The van der Waals surface area contributed by atoms with Gasteiger partial charge >= 0.3 is 0 Å². The first-order valence-corrected chi connectivity index (χ1v) is 8.97. The molecule has 0 N–H and O–H groups in total. The highest BCUT2D eigenvalue weighted by molar-refractivity contribution is 4.93. The first-order valence-electron chi connectivity index (χ1n) is 8.97. The van der Waals surface area contributed by atoms with Gasteiger partial charge in [-0.15, -0.1) is 0 Å². The van der Waals surface area contributed by atoms with Crippen LogP contribution >= 0.6 is 0 Å². The van der Waals surface area contributed by atoms with Crippen molar-refractivity contribution >= 4 is 0 Å². The largest absolute Gasteiger partial charge is 0.348 e. The van der Waals surface area contributed by atoms with E-state index >= 15 is 0 Å². The second kappa shape index (κ2) is 6.18. The maximum Gasteiger partial charge on any atom is 0.185 e. The smallest absolute Gasteiger partial charge is 0.185 e. The summed E-state index contributed by atoms with van der Waals surface area (Å²) in [6.45, 7) is 15.2. The standard InChI is InChI=1S/C18H32O6/c1-8-16(2,3)14-15(21-14)19-9-11-13(24-18(6,7)23-11)12-10-20-17(4,5)22-12/h11-15H,8-10H2,1-7H3. The van der Waals surface area contributed by atoms with Crippen LogP contribution in [0.25, 0.3) is 0 Å². The molecule has 5 atom stereocenters. The van der Waals surface area contributed by atoms with Gasteiger partial charge in [0.2, 0.25) is 0 Å². The van der Waals surface area contributed by atoms with Crippen LogP contribution in [0.2, 0.25) is 0 Å². The van der Waals surface area contributed by atoms with E-state index in [1.807, 2.05) is 27.7 Å². The molecule has 0 spiro atoms. The van der Waals surface area contributed by atoms with Crippen LogP contribution < -0.4 is 0 Å². The normalized spacial score (nSPS) is 40.9.